The molecule has 0 unspecified atom stereocenters. The van der Waals surface area contributed by atoms with Gasteiger partial charge in [-0.1, -0.05) is 56.3 Å². The molecule has 6 heteroatoms. The van der Waals surface area contributed by atoms with Crippen LogP contribution in [0.2, 0.25) is 0 Å². The fourth-order valence-corrected chi connectivity index (χ4v) is 3.48. The summed E-state index contributed by atoms with van der Waals surface area (Å²) in [5.41, 5.74) is 3.23. The van der Waals surface area contributed by atoms with Gasteiger partial charge < -0.3 is 15.5 Å². The molecular weight excluding hydrogens is 487 g/mol. The Morgan fingerprint density at radius 2 is 1.57 bits per heavy atom. The molecule has 0 heterocycles. The molecule has 0 saturated heterocycles. The number of nitrogens with zero attached hydrogens (tertiary/aromatic N) is 2. The third-order valence-electron chi connectivity index (χ3n) is 5.62. The highest BCUT2D eigenvalue weighted by molar-refractivity contribution is 14.0. The van der Waals surface area contributed by atoms with E-state index in [0.29, 0.717) is 12.1 Å². The van der Waals surface area contributed by atoms with Crippen LogP contribution in [0.5, 0.6) is 0 Å². The lowest BCUT2D eigenvalue weighted by atomic mass is 9.76. The highest BCUT2D eigenvalue weighted by Gasteiger charge is 2.28. The van der Waals surface area contributed by atoms with E-state index in [0.717, 1.165) is 30.9 Å². The number of guanidine groups is 1. The summed E-state index contributed by atoms with van der Waals surface area (Å²) >= 11 is 0. The van der Waals surface area contributed by atoms with Crippen molar-refractivity contribution in [2.75, 3.05) is 27.7 Å². The maximum Gasteiger partial charge on any atom is 0.253 e. The summed E-state index contributed by atoms with van der Waals surface area (Å²) in [4.78, 5) is 18.0. The monoisotopic (exact) mass is 522 g/mol. The number of benzene rings is 2. The van der Waals surface area contributed by atoms with Crippen LogP contribution in [0.25, 0.3) is 0 Å². The van der Waals surface area contributed by atoms with Crippen molar-refractivity contribution in [3.05, 3.63) is 71.3 Å². The van der Waals surface area contributed by atoms with Crippen molar-refractivity contribution >= 4 is 35.8 Å². The van der Waals surface area contributed by atoms with E-state index in [4.69, 9.17) is 0 Å². The molecule has 0 bridgehead atoms. The van der Waals surface area contributed by atoms with Gasteiger partial charge in [0.15, 0.2) is 5.96 Å². The quantitative estimate of drug-likeness (QED) is 0.307. The van der Waals surface area contributed by atoms with Crippen molar-refractivity contribution in [1.82, 2.24) is 15.5 Å². The Kier molecular flexibility index (Phi) is 10.9. The number of aliphatic imine (C=N–C) groups is 1. The van der Waals surface area contributed by atoms with E-state index in [9.17, 15) is 4.79 Å². The van der Waals surface area contributed by atoms with Crippen molar-refractivity contribution in [3.63, 3.8) is 0 Å². The van der Waals surface area contributed by atoms with E-state index < -0.39 is 0 Å². The Labute approximate surface area is 198 Å². The second-order valence-electron chi connectivity index (χ2n) is 7.53. The number of amides is 1. The average Bonchev–Trinajstić information content (AvgIpc) is 2.77. The van der Waals surface area contributed by atoms with Gasteiger partial charge in [0, 0.05) is 45.2 Å². The predicted octanol–water partition coefficient (Wildman–Crippen LogP) is 4.43. The van der Waals surface area contributed by atoms with Gasteiger partial charge in [0.1, 0.15) is 0 Å². The fourth-order valence-electron chi connectivity index (χ4n) is 3.48. The first kappa shape index (κ1) is 25.9. The minimum absolute atomic E-state index is 0. The smallest absolute Gasteiger partial charge is 0.253 e. The van der Waals surface area contributed by atoms with Crippen molar-refractivity contribution in [3.8, 4) is 0 Å². The second-order valence-corrected chi connectivity index (χ2v) is 7.53. The molecule has 2 rings (SSSR count). The topological polar surface area (TPSA) is 56.7 Å². The Morgan fingerprint density at radius 3 is 2.07 bits per heavy atom. The highest BCUT2D eigenvalue weighted by atomic mass is 127. The molecule has 0 atom stereocenters. The zero-order chi connectivity index (χ0) is 21.3. The maximum absolute atomic E-state index is 12.0. The van der Waals surface area contributed by atoms with Crippen LogP contribution in [0.4, 0.5) is 0 Å². The van der Waals surface area contributed by atoms with Crippen molar-refractivity contribution in [1.29, 1.82) is 0 Å². The third-order valence-corrected chi connectivity index (χ3v) is 5.62. The summed E-state index contributed by atoms with van der Waals surface area (Å²) in [7, 11) is 5.31. The lowest BCUT2D eigenvalue weighted by Crippen LogP contribution is -2.45. The van der Waals surface area contributed by atoms with Crippen LogP contribution in [-0.2, 0) is 12.0 Å². The molecule has 1 amide bonds. The zero-order valence-electron chi connectivity index (χ0n) is 18.7. The van der Waals surface area contributed by atoms with Crippen LogP contribution in [0.15, 0.2) is 59.6 Å². The van der Waals surface area contributed by atoms with Gasteiger partial charge in [0.05, 0.1) is 0 Å². The average molecular weight is 522 g/mol. The number of halogens is 1. The first-order valence-electron chi connectivity index (χ1n) is 10.3. The first-order chi connectivity index (χ1) is 14.0. The standard InChI is InChI=1S/C24H34N4O.HI/c1-6-24(7-2,21-11-9-8-10-12-21)18-27-23(25-3)26-17-19-13-15-20(16-14-19)22(29)28(4)5;/h8-16H,6-7,17-18H2,1-5H3,(H2,25,26,27);1H. The number of rotatable bonds is 8. The summed E-state index contributed by atoms with van der Waals surface area (Å²) in [5.74, 6) is 0.791. The predicted molar refractivity (Wildman–Crippen MR) is 137 cm³/mol. The van der Waals surface area contributed by atoms with E-state index in [1.165, 1.54) is 5.56 Å². The minimum Gasteiger partial charge on any atom is -0.356 e. The van der Waals surface area contributed by atoms with Crippen LogP contribution >= 0.6 is 24.0 Å². The molecule has 0 spiro atoms. The van der Waals surface area contributed by atoms with Gasteiger partial charge in [-0.3, -0.25) is 9.79 Å². The van der Waals surface area contributed by atoms with E-state index >= 15 is 0 Å². The van der Waals surface area contributed by atoms with Gasteiger partial charge in [-0.2, -0.15) is 0 Å². The lowest BCUT2D eigenvalue weighted by molar-refractivity contribution is 0.0827. The lowest BCUT2D eigenvalue weighted by Gasteiger charge is -2.33. The van der Waals surface area contributed by atoms with E-state index in [1.807, 2.05) is 24.3 Å². The molecule has 0 fully saturated rings. The molecule has 0 aromatic heterocycles. The second kappa shape index (κ2) is 12.6. The molecule has 30 heavy (non-hydrogen) atoms. The number of carbonyl (C=O) groups is 1. The molecular formula is C24H35IN4O. The van der Waals surface area contributed by atoms with Crippen LogP contribution < -0.4 is 10.6 Å². The van der Waals surface area contributed by atoms with Gasteiger partial charge in [-0.05, 0) is 36.1 Å². The van der Waals surface area contributed by atoms with Crippen LogP contribution in [-0.4, -0.2) is 44.5 Å². The number of carbonyl (C=O) groups excluding carboxylic acids is 1. The maximum atomic E-state index is 12.0. The third kappa shape index (κ3) is 6.72. The molecule has 2 aromatic carbocycles. The van der Waals surface area contributed by atoms with Crippen LogP contribution in [0.3, 0.4) is 0 Å². The highest BCUT2D eigenvalue weighted by Crippen LogP contribution is 2.30. The number of nitrogens with one attached hydrogen (secondary N) is 2. The van der Waals surface area contributed by atoms with Crippen molar-refractivity contribution < 1.29 is 4.79 Å². The fraction of sp³-hybridized carbons (Fsp3) is 0.417. The normalized spacial score (nSPS) is 11.4. The molecule has 0 aliphatic heterocycles. The van der Waals surface area contributed by atoms with Crippen molar-refractivity contribution in [2.45, 2.75) is 38.6 Å². The van der Waals surface area contributed by atoms with Gasteiger partial charge in [0.25, 0.3) is 5.91 Å². The Hall–Kier alpha value is -2.09. The molecule has 2 N–H and O–H groups in total. The van der Waals surface area contributed by atoms with Crippen LogP contribution in [0.1, 0.15) is 48.2 Å². The SMILES string of the molecule is CCC(CC)(CNC(=NC)NCc1ccc(C(=O)N(C)C)cc1)c1ccccc1.I. The first-order valence-corrected chi connectivity index (χ1v) is 10.3. The summed E-state index contributed by atoms with van der Waals surface area (Å²) in [6, 6.07) is 18.4. The molecule has 0 radical (unpaired) electrons. The van der Waals surface area contributed by atoms with Gasteiger partial charge in [-0.25, -0.2) is 0 Å². The molecule has 5 nitrogen and oxygen atoms in total. The van der Waals surface area contributed by atoms with Crippen LogP contribution in [0, 0.1) is 0 Å². The van der Waals surface area contributed by atoms with Crippen molar-refractivity contribution in [2.24, 2.45) is 4.99 Å². The summed E-state index contributed by atoms with van der Waals surface area (Å²) in [6.45, 7) is 5.95. The molecule has 0 aliphatic rings. The number of hydrogen-bond donors (Lipinski definition) is 2. The zero-order valence-corrected chi connectivity index (χ0v) is 21.1. The molecule has 164 valence electrons. The van der Waals surface area contributed by atoms with E-state index in [1.54, 1.807) is 26.0 Å². The Morgan fingerprint density at radius 1 is 0.967 bits per heavy atom. The van der Waals surface area contributed by atoms with Gasteiger partial charge in [0.2, 0.25) is 0 Å². The van der Waals surface area contributed by atoms with Gasteiger partial charge >= 0.3 is 0 Å². The molecule has 2 aromatic rings. The largest absolute Gasteiger partial charge is 0.356 e. The van der Waals surface area contributed by atoms with E-state index in [2.05, 4.69) is 59.8 Å². The van der Waals surface area contributed by atoms with E-state index in [-0.39, 0.29) is 35.3 Å². The minimum atomic E-state index is 0. The summed E-state index contributed by atoms with van der Waals surface area (Å²) in [5, 5.41) is 6.88. The summed E-state index contributed by atoms with van der Waals surface area (Å²) in [6.07, 6.45) is 2.11. The Balaban J connectivity index is 0.00000450. The summed E-state index contributed by atoms with van der Waals surface area (Å²) < 4.78 is 0. The Bertz CT molecular complexity index is 800. The molecule has 0 aliphatic carbocycles. The van der Waals surface area contributed by atoms with Gasteiger partial charge in [-0.15, -0.1) is 24.0 Å². The molecule has 0 saturated carbocycles. The number of hydrogen-bond acceptors (Lipinski definition) is 2.